The fourth-order valence-corrected chi connectivity index (χ4v) is 1.68. The Morgan fingerprint density at radius 3 is 2.93 bits per heavy atom. The van der Waals surface area contributed by atoms with Gasteiger partial charge < -0.3 is 10.2 Å². The van der Waals surface area contributed by atoms with Crippen LogP contribution in [0.4, 0.5) is 10.2 Å². The van der Waals surface area contributed by atoms with Gasteiger partial charge in [0.05, 0.1) is 0 Å². The molecule has 1 saturated carbocycles. The molecular weight excluding hydrogens is 193 g/mol. The van der Waals surface area contributed by atoms with Gasteiger partial charge in [-0.25, -0.2) is 9.37 Å². The van der Waals surface area contributed by atoms with Gasteiger partial charge in [-0.3, -0.25) is 0 Å². The van der Waals surface area contributed by atoms with Gasteiger partial charge in [0, 0.05) is 31.4 Å². The van der Waals surface area contributed by atoms with Crippen LogP contribution in [-0.2, 0) is 6.54 Å². The van der Waals surface area contributed by atoms with Gasteiger partial charge >= 0.3 is 0 Å². The summed E-state index contributed by atoms with van der Waals surface area (Å²) in [6.45, 7) is 0.542. The van der Waals surface area contributed by atoms with Crippen LogP contribution in [0.2, 0.25) is 0 Å². The number of hydrogen-bond donors (Lipinski definition) is 1. The van der Waals surface area contributed by atoms with E-state index in [-0.39, 0.29) is 5.82 Å². The van der Waals surface area contributed by atoms with Gasteiger partial charge in [0.2, 0.25) is 0 Å². The van der Waals surface area contributed by atoms with Crippen molar-refractivity contribution in [2.24, 2.45) is 0 Å². The summed E-state index contributed by atoms with van der Waals surface area (Å²) in [7, 11) is 3.72. The van der Waals surface area contributed by atoms with E-state index < -0.39 is 0 Å². The second kappa shape index (κ2) is 4.14. The number of rotatable bonds is 4. The van der Waals surface area contributed by atoms with Gasteiger partial charge in [-0.2, -0.15) is 0 Å². The Hall–Kier alpha value is -1.16. The molecule has 3 nitrogen and oxygen atoms in total. The first-order chi connectivity index (χ1) is 7.24. The summed E-state index contributed by atoms with van der Waals surface area (Å²) in [6, 6.07) is 2.20. The second-order valence-electron chi connectivity index (χ2n) is 3.98. The first kappa shape index (κ1) is 10.4. The van der Waals surface area contributed by atoms with Crippen molar-refractivity contribution in [1.82, 2.24) is 10.3 Å². The van der Waals surface area contributed by atoms with Gasteiger partial charge in [-0.15, -0.1) is 0 Å². The molecule has 1 aliphatic carbocycles. The predicted octanol–water partition coefficient (Wildman–Crippen LogP) is 1.54. The molecule has 0 radical (unpaired) electrons. The van der Waals surface area contributed by atoms with Gasteiger partial charge in [0.15, 0.2) is 11.6 Å². The largest absolute Gasteiger partial charge is 0.354 e. The van der Waals surface area contributed by atoms with Crippen molar-refractivity contribution in [3.8, 4) is 0 Å². The minimum atomic E-state index is -0.193. The molecule has 1 aliphatic rings. The van der Waals surface area contributed by atoms with Gasteiger partial charge in [0.1, 0.15) is 0 Å². The molecule has 0 aliphatic heterocycles. The second-order valence-corrected chi connectivity index (χ2v) is 3.98. The molecule has 1 aromatic rings. The van der Waals surface area contributed by atoms with Crippen molar-refractivity contribution in [2.75, 3.05) is 19.0 Å². The molecular formula is C11H16FN3. The number of halogens is 1. The number of nitrogens with one attached hydrogen (secondary N) is 1. The Morgan fingerprint density at radius 2 is 2.33 bits per heavy atom. The van der Waals surface area contributed by atoms with E-state index >= 15 is 0 Å². The van der Waals surface area contributed by atoms with Crippen molar-refractivity contribution in [1.29, 1.82) is 0 Å². The third kappa shape index (κ3) is 2.09. The highest BCUT2D eigenvalue weighted by atomic mass is 19.1. The Bertz CT molecular complexity index is 350. The van der Waals surface area contributed by atoms with Gasteiger partial charge in [-0.1, -0.05) is 0 Å². The quantitative estimate of drug-likeness (QED) is 0.815. The van der Waals surface area contributed by atoms with Crippen LogP contribution in [0, 0.1) is 5.82 Å². The van der Waals surface area contributed by atoms with Crippen LogP contribution in [0.5, 0.6) is 0 Å². The maximum atomic E-state index is 14.0. The summed E-state index contributed by atoms with van der Waals surface area (Å²) < 4.78 is 14.0. The van der Waals surface area contributed by atoms with Crippen LogP contribution in [0.3, 0.4) is 0 Å². The zero-order chi connectivity index (χ0) is 10.8. The van der Waals surface area contributed by atoms with E-state index in [4.69, 9.17) is 0 Å². The highest BCUT2D eigenvalue weighted by Gasteiger charge is 2.29. The first-order valence-corrected chi connectivity index (χ1v) is 5.25. The molecule has 0 unspecified atom stereocenters. The summed E-state index contributed by atoms with van der Waals surface area (Å²) >= 11 is 0. The molecule has 0 bridgehead atoms. The van der Waals surface area contributed by atoms with Crippen molar-refractivity contribution in [3.05, 3.63) is 23.6 Å². The SMILES string of the molecule is CNCc1ccnc(N(C)C2CC2)c1F. The molecule has 15 heavy (non-hydrogen) atoms. The Morgan fingerprint density at radius 1 is 1.60 bits per heavy atom. The third-order valence-electron chi connectivity index (χ3n) is 2.75. The van der Waals surface area contributed by atoms with Gasteiger partial charge in [-0.05, 0) is 26.0 Å². The fraction of sp³-hybridized carbons (Fsp3) is 0.545. The predicted molar refractivity (Wildman–Crippen MR) is 58.4 cm³/mol. The minimum Gasteiger partial charge on any atom is -0.354 e. The van der Waals surface area contributed by atoms with Crippen molar-refractivity contribution >= 4 is 5.82 Å². The maximum absolute atomic E-state index is 14.0. The van der Waals surface area contributed by atoms with E-state index in [0.717, 1.165) is 12.8 Å². The monoisotopic (exact) mass is 209 g/mol. The summed E-state index contributed by atoms with van der Waals surface area (Å²) in [4.78, 5) is 6.04. The molecule has 4 heteroatoms. The Kier molecular flexibility index (Phi) is 2.86. The first-order valence-electron chi connectivity index (χ1n) is 5.25. The van der Waals surface area contributed by atoms with E-state index in [0.29, 0.717) is 24.0 Å². The molecule has 0 aromatic carbocycles. The lowest BCUT2D eigenvalue weighted by Crippen LogP contribution is -2.23. The topological polar surface area (TPSA) is 28.2 Å². The lowest BCUT2D eigenvalue weighted by atomic mass is 10.2. The summed E-state index contributed by atoms with van der Waals surface area (Å²) in [5.41, 5.74) is 0.676. The highest BCUT2D eigenvalue weighted by Crippen LogP contribution is 2.30. The zero-order valence-corrected chi connectivity index (χ0v) is 9.13. The summed E-state index contributed by atoms with van der Waals surface area (Å²) in [6.07, 6.45) is 3.96. The van der Waals surface area contributed by atoms with Crippen LogP contribution in [-0.4, -0.2) is 25.1 Å². The number of aromatic nitrogens is 1. The van der Waals surface area contributed by atoms with Crippen molar-refractivity contribution < 1.29 is 4.39 Å². The normalized spacial score (nSPS) is 15.4. The fourth-order valence-electron chi connectivity index (χ4n) is 1.68. The van der Waals surface area contributed by atoms with Crippen LogP contribution in [0.25, 0.3) is 0 Å². The highest BCUT2D eigenvalue weighted by molar-refractivity contribution is 5.44. The number of hydrogen-bond acceptors (Lipinski definition) is 3. The molecule has 1 heterocycles. The molecule has 1 N–H and O–H groups in total. The van der Waals surface area contributed by atoms with Crippen molar-refractivity contribution in [3.63, 3.8) is 0 Å². The number of nitrogens with zero attached hydrogens (tertiary/aromatic N) is 2. The molecule has 0 atom stereocenters. The molecule has 1 fully saturated rings. The lowest BCUT2D eigenvalue weighted by molar-refractivity contribution is 0.589. The van der Waals surface area contributed by atoms with E-state index in [9.17, 15) is 4.39 Å². The van der Waals surface area contributed by atoms with E-state index in [1.54, 1.807) is 12.3 Å². The standard InChI is InChI=1S/C11H16FN3/c1-13-7-8-5-6-14-11(10(8)12)15(2)9-3-4-9/h5-6,9,13H,3-4,7H2,1-2H3. The smallest absolute Gasteiger partial charge is 0.170 e. The number of anilines is 1. The van der Waals surface area contributed by atoms with E-state index in [1.165, 1.54) is 0 Å². The Labute approximate surface area is 89.3 Å². The maximum Gasteiger partial charge on any atom is 0.170 e. The van der Waals surface area contributed by atoms with Crippen LogP contribution in [0.1, 0.15) is 18.4 Å². The molecule has 82 valence electrons. The molecule has 0 amide bonds. The number of pyridine rings is 1. The molecule has 2 rings (SSSR count). The minimum absolute atomic E-state index is 0.193. The lowest BCUT2D eigenvalue weighted by Gasteiger charge is -2.18. The average molecular weight is 209 g/mol. The Balaban J connectivity index is 2.26. The van der Waals surface area contributed by atoms with E-state index in [1.807, 2.05) is 19.0 Å². The van der Waals surface area contributed by atoms with Crippen LogP contribution >= 0.6 is 0 Å². The summed E-state index contributed by atoms with van der Waals surface area (Å²) in [5.74, 6) is 0.284. The zero-order valence-electron chi connectivity index (χ0n) is 9.13. The molecule has 1 aromatic heterocycles. The average Bonchev–Trinajstić information content (AvgIpc) is 3.04. The molecule has 0 saturated heterocycles. The van der Waals surface area contributed by atoms with Crippen LogP contribution in [0.15, 0.2) is 12.3 Å². The van der Waals surface area contributed by atoms with Gasteiger partial charge in [0.25, 0.3) is 0 Å². The van der Waals surface area contributed by atoms with E-state index in [2.05, 4.69) is 10.3 Å². The third-order valence-corrected chi connectivity index (χ3v) is 2.75. The molecule has 0 spiro atoms. The summed E-state index contributed by atoms with van der Waals surface area (Å²) in [5, 5.41) is 2.95. The van der Waals surface area contributed by atoms with Crippen LogP contribution < -0.4 is 10.2 Å². The van der Waals surface area contributed by atoms with Crippen molar-refractivity contribution in [2.45, 2.75) is 25.4 Å².